The van der Waals surface area contributed by atoms with Gasteiger partial charge in [0.2, 0.25) is 0 Å². The number of benzene rings is 2. The summed E-state index contributed by atoms with van der Waals surface area (Å²) < 4.78 is 40.1. The molecule has 7 nitrogen and oxygen atoms in total. The number of hydrogen-bond acceptors (Lipinski definition) is 6. The van der Waals surface area contributed by atoms with Crippen LogP contribution in [0.25, 0.3) is 16.6 Å². The van der Waals surface area contributed by atoms with Crippen molar-refractivity contribution in [2.24, 2.45) is 0 Å². The lowest BCUT2D eigenvalue weighted by Crippen LogP contribution is -2.16. The molecule has 0 saturated heterocycles. The third kappa shape index (κ3) is 3.12. The van der Waals surface area contributed by atoms with Crippen molar-refractivity contribution < 1.29 is 23.0 Å². The Balaban J connectivity index is 1.94. The number of nitrogens with one attached hydrogen (secondary N) is 2. The minimum absolute atomic E-state index is 0.00330. The third-order valence-electron chi connectivity index (χ3n) is 4.44. The molecule has 0 radical (unpaired) electrons. The normalized spacial score (nSPS) is 11.1. The molecule has 0 fully saturated rings. The lowest BCUT2D eigenvalue weighted by molar-refractivity contribution is 0.103. The van der Waals surface area contributed by atoms with Crippen LogP contribution in [-0.4, -0.2) is 29.5 Å². The van der Waals surface area contributed by atoms with Crippen LogP contribution in [0.2, 0.25) is 0 Å². The fourth-order valence-electron chi connectivity index (χ4n) is 3.06. The summed E-state index contributed by atoms with van der Waals surface area (Å²) in [5, 5.41) is 2.47. The van der Waals surface area contributed by atoms with Gasteiger partial charge in [0.1, 0.15) is 27.8 Å². The summed E-state index contributed by atoms with van der Waals surface area (Å²) in [7, 11) is 2.89. The fraction of sp³-hybridized carbons (Fsp3) is 0.105. The summed E-state index contributed by atoms with van der Waals surface area (Å²) >= 11 is 6.27. The maximum absolute atomic E-state index is 13.9. The van der Waals surface area contributed by atoms with Crippen molar-refractivity contribution in [1.82, 2.24) is 9.38 Å². The number of thiazole rings is 1. The largest absolute Gasteiger partial charge is 0.493 e. The van der Waals surface area contributed by atoms with E-state index in [1.807, 2.05) is 0 Å². The molecule has 4 rings (SSSR count). The molecule has 4 aromatic rings. The van der Waals surface area contributed by atoms with Crippen LogP contribution < -0.4 is 20.3 Å². The monoisotopic (exact) mass is 449 g/mol. The number of amides is 1. The number of methoxy groups -OCH3 is 2. The Bertz CT molecular complexity index is 1420. The highest BCUT2D eigenvalue weighted by molar-refractivity contribution is 7.73. The van der Waals surface area contributed by atoms with Gasteiger partial charge in [-0.25, -0.2) is 8.78 Å². The molecular weight excluding hydrogens is 436 g/mol. The highest BCUT2D eigenvalue weighted by atomic mass is 32.1. The minimum atomic E-state index is -0.925. The summed E-state index contributed by atoms with van der Waals surface area (Å²) in [6.07, 6.45) is 0. The van der Waals surface area contributed by atoms with E-state index < -0.39 is 28.8 Å². The van der Waals surface area contributed by atoms with Gasteiger partial charge in [-0.05, 0) is 30.4 Å². The molecule has 2 aromatic carbocycles. The van der Waals surface area contributed by atoms with Crippen LogP contribution in [0.4, 0.5) is 14.5 Å². The second-order valence-electron chi connectivity index (χ2n) is 6.11. The van der Waals surface area contributed by atoms with Crippen LogP contribution in [0.5, 0.6) is 11.5 Å². The number of ether oxygens (including phenoxy) is 2. The predicted octanol–water partition coefficient (Wildman–Crippen LogP) is 4.12. The molecule has 11 heteroatoms. The van der Waals surface area contributed by atoms with Crippen molar-refractivity contribution in [3.63, 3.8) is 0 Å². The Kier molecular flexibility index (Phi) is 5.00. The summed E-state index contributed by atoms with van der Waals surface area (Å²) in [5.41, 5.74) is -0.591. The van der Waals surface area contributed by atoms with Gasteiger partial charge in [-0.2, -0.15) is 0 Å². The molecule has 0 aliphatic rings. The number of aromatic amines is 1. The van der Waals surface area contributed by atoms with Gasteiger partial charge in [-0.3, -0.25) is 14.0 Å². The van der Waals surface area contributed by atoms with Gasteiger partial charge in [0.05, 0.1) is 25.1 Å². The number of carbonyl (C=O) groups excluding carboxylic acids is 1. The van der Waals surface area contributed by atoms with Crippen molar-refractivity contribution in [2.75, 3.05) is 19.5 Å². The number of fused-ring (bicyclic) bond motifs is 3. The van der Waals surface area contributed by atoms with Crippen LogP contribution in [0.15, 0.2) is 35.1 Å². The number of H-pyrrole nitrogens is 1. The molecule has 2 heterocycles. The van der Waals surface area contributed by atoms with Gasteiger partial charge in [0.25, 0.3) is 11.5 Å². The predicted molar refractivity (Wildman–Crippen MR) is 112 cm³/mol. The van der Waals surface area contributed by atoms with E-state index in [0.717, 1.165) is 23.5 Å². The second-order valence-corrected chi connectivity index (χ2v) is 7.75. The zero-order chi connectivity index (χ0) is 21.6. The van der Waals surface area contributed by atoms with Crippen molar-refractivity contribution in [1.29, 1.82) is 0 Å². The first-order valence-electron chi connectivity index (χ1n) is 8.44. The Morgan fingerprint density at radius 2 is 1.80 bits per heavy atom. The number of aromatic nitrogens is 2. The van der Waals surface area contributed by atoms with Crippen molar-refractivity contribution >= 4 is 51.7 Å². The van der Waals surface area contributed by atoms with Gasteiger partial charge < -0.3 is 19.8 Å². The molecular formula is C19H13F2N3O4S2. The number of nitrogens with zero attached hydrogens (tertiary/aromatic N) is 1. The first-order chi connectivity index (χ1) is 14.3. The molecule has 2 N–H and O–H groups in total. The topological polar surface area (TPSA) is 84.8 Å². The van der Waals surface area contributed by atoms with E-state index in [4.69, 9.17) is 21.7 Å². The van der Waals surface area contributed by atoms with Gasteiger partial charge in [-0.1, -0.05) is 17.4 Å². The quantitative estimate of drug-likeness (QED) is 0.458. The van der Waals surface area contributed by atoms with E-state index in [-0.39, 0.29) is 19.9 Å². The first-order valence-corrected chi connectivity index (χ1v) is 9.67. The zero-order valence-electron chi connectivity index (χ0n) is 15.5. The molecule has 2 aromatic heterocycles. The summed E-state index contributed by atoms with van der Waals surface area (Å²) in [4.78, 5) is 28.0. The Morgan fingerprint density at radius 3 is 2.43 bits per heavy atom. The number of anilines is 1. The maximum atomic E-state index is 13.9. The summed E-state index contributed by atoms with van der Waals surface area (Å²) in [6, 6.07) is 6.29. The van der Waals surface area contributed by atoms with Gasteiger partial charge >= 0.3 is 0 Å². The van der Waals surface area contributed by atoms with Crippen LogP contribution in [-0.2, 0) is 0 Å². The van der Waals surface area contributed by atoms with Crippen LogP contribution in [0.1, 0.15) is 9.67 Å². The molecule has 0 bridgehead atoms. The SMILES string of the molecule is COc1cc2c(=O)[nH]c3c(C(=O)Nc4c(F)cccc4F)sc(=S)n3c2cc1OC. The lowest BCUT2D eigenvalue weighted by Gasteiger charge is -2.10. The molecule has 0 aliphatic heterocycles. The van der Waals surface area contributed by atoms with E-state index in [2.05, 4.69) is 10.3 Å². The molecule has 0 spiro atoms. The average Bonchev–Trinajstić information content (AvgIpc) is 3.06. The second kappa shape index (κ2) is 7.50. The van der Waals surface area contributed by atoms with E-state index in [9.17, 15) is 18.4 Å². The third-order valence-corrected chi connectivity index (χ3v) is 5.81. The van der Waals surface area contributed by atoms with E-state index >= 15 is 0 Å². The Hall–Kier alpha value is -3.31. The number of carbonyl (C=O) groups is 1. The first kappa shape index (κ1) is 20.0. The Labute approximate surface area is 176 Å². The summed E-state index contributed by atoms with van der Waals surface area (Å²) in [6.45, 7) is 0. The average molecular weight is 449 g/mol. The van der Waals surface area contributed by atoms with Crippen LogP contribution >= 0.6 is 23.6 Å². The van der Waals surface area contributed by atoms with E-state index in [1.54, 1.807) is 6.07 Å². The van der Waals surface area contributed by atoms with E-state index in [1.165, 1.54) is 30.8 Å². The van der Waals surface area contributed by atoms with Gasteiger partial charge in [-0.15, -0.1) is 0 Å². The highest BCUT2D eigenvalue weighted by Gasteiger charge is 2.21. The number of hydrogen-bond donors (Lipinski definition) is 2. The van der Waals surface area contributed by atoms with Crippen molar-refractivity contribution in [2.45, 2.75) is 0 Å². The maximum Gasteiger partial charge on any atom is 0.269 e. The molecule has 0 saturated carbocycles. The molecule has 0 atom stereocenters. The molecule has 0 aliphatic carbocycles. The van der Waals surface area contributed by atoms with Crippen LogP contribution in [0.3, 0.4) is 0 Å². The molecule has 154 valence electrons. The zero-order valence-corrected chi connectivity index (χ0v) is 17.2. The van der Waals surface area contributed by atoms with Gasteiger partial charge in [0.15, 0.2) is 15.5 Å². The van der Waals surface area contributed by atoms with Gasteiger partial charge in [0, 0.05) is 6.07 Å². The van der Waals surface area contributed by atoms with Crippen molar-refractivity contribution in [3.8, 4) is 11.5 Å². The standard InChI is InChI=1S/C19H13F2N3O4S2/c1-27-12-6-8-11(7-13(12)28-2)24-16(23-17(8)25)15(30-19(24)29)18(26)22-14-9(20)4-3-5-10(14)21/h3-7H,1-2H3,(H,22,26)(H,23,25). The molecule has 1 amide bonds. The van der Waals surface area contributed by atoms with E-state index in [0.29, 0.717) is 17.0 Å². The summed E-state index contributed by atoms with van der Waals surface area (Å²) in [5.74, 6) is -1.94. The lowest BCUT2D eigenvalue weighted by atomic mass is 10.2. The Morgan fingerprint density at radius 1 is 1.17 bits per heavy atom. The fourth-order valence-corrected chi connectivity index (χ4v) is 4.33. The van der Waals surface area contributed by atoms with Crippen molar-refractivity contribution in [3.05, 3.63) is 61.2 Å². The smallest absolute Gasteiger partial charge is 0.269 e. The number of rotatable bonds is 4. The molecule has 30 heavy (non-hydrogen) atoms. The van der Waals surface area contributed by atoms with Crippen LogP contribution in [0, 0.1) is 15.6 Å². The minimum Gasteiger partial charge on any atom is -0.493 e. The highest BCUT2D eigenvalue weighted by Crippen LogP contribution is 2.32. The molecule has 0 unspecified atom stereocenters. The number of halogens is 2. The number of para-hydroxylation sites is 1.